The van der Waals surface area contributed by atoms with Crippen molar-refractivity contribution in [1.82, 2.24) is 4.98 Å². The van der Waals surface area contributed by atoms with Crippen LogP contribution >= 0.6 is 0 Å². The molecule has 2 N–H and O–H groups in total. The van der Waals surface area contributed by atoms with E-state index in [1.807, 2.05) is 24.3 Å². The molecule has 1 aromatic heterocycles. The maximum absolute atomic E-state index is 11.8. The quantitative estimate of drug-likeness (QED) is 0.478. The second-order valence-corrected chi connectivity index (χ2v) is 9.53. The minimum atomic E-state index is -0.883. The summed E-state index contributed by atoms with van der Waals surface area (Å²) in [5, 5.41) is 14.4. The van der Waals surface area contributed by atoms with Crippen molar-refractivity contribution < 1.29 is 9.90 Å². The summed E-state index contributed by atoms with van der Waals surface area (Å²) in [4.78, 5) is 16.6. The monoisotopic (exact) mass is 404 g/mol. The zero-order chi connectivity index (χ0) is 22.1. The van der Waals surface area contributed by atoms with Crippen molar-refractivity contribution >= 4 is 22.7 Å². The summed E-state index contributed by atoms with van der Waals surface area (Å²) in [7, 11) is 0. The molecule has 0 saturated heterocycles. The van der Waals surface area contributed by atoms with E-state index in [2.05, 4.69) is 65.1 Å². The highest BCUT2D eigenvalue weighted by Crippen LogP contribution is 2.33. The van der Waals surface area contributed by atoms with Crippen LogP contribution in [0.4, 0.5) is 5.82 Å². The van der Waals surface area contributed by atoms with Gasteiger partial charge in [-0.2, -0.15) is 0 Å². The summed E-state index contributed by atoms with van der Waals surface area (Å²) in [6.07, 6.45) is 0.921. The molecule has 0 aliphatic rings. The molecule has 0 fully saturated rings. The van der Waals surface area contributed by atoms with Crippen LogP contribution in [-0.2, 0) is 5.41 Å². The lowest BCUT2D eigenvalue weighted by atomic mass is 9.81. The Morgan fingerprint density at radius 1 is 1.10 bits per heavy atom. The second-order valence-electron chi connectivity index (χ2n) is 9.53. The van der Waals surface area contributed by atoms with E-state index in [4.69, 9.17) is 4.98 Å². The topological polar surface area (TPSA) is 62.2 Å². The van der Waals surface area contributed by atoms with Gasteiger partial charge in [0.1, 0.15) is 5.82 Å². The summed E-state index contributed by atoms with van der Waals surface area (Å²) in [5.41, 5.74) is 4.11. The van der Waals surface area contributed by atoms with Crippen molar-refractivity contribution in [3.63, 3.8) is 0 Å². The van der Waals surface area contributed by atoms with E-state index in [0.29, 0.717) is 11.5 Å². The molecule has 4 heteroatoms. The van der Waals surface area contributed by atoms with Crippen LogP contribution in [0.25, 0.3) is 10.9 Å². The molecule has 1 atom stereocenters. The predicted octanol–water partition coefficient (Wildman–Crippen LogP) is 6.74. The van der Waals surface area contributed by atoms with E-state index in [1.165, 1.54) is 0 Å². The highest BCUT2D eigenvalue weighted by molar-refractivity contribution is 5.90. The van der Waals surface area contributed by atoms with Crippen molar-refractivity contribution in [3.05, 3.63) is 70.8 Å². The number of carboxylic acids is 1. The summed E-state index contributed by atoms with van der Waals surface area (Å²) < 4.78 is 0. The smallest absolute Gasteiger partial charge is 0.335 e. The molecule has 0 amide bonds. The Balaban J connectivity index is 2.05. The molecule has 0 saturated carbocycles. The van der Waals surface area contributed by atoms with E-state index in [9.17, 15) is 9.90 Å². The Kier molecular flexibility index (Phi) is 6.16. The van der Waals surface area contributed by atoms with Gasteiger partial charge in [0, 0.05) is 5.39 Å². The number of nitrogens with one attached hydrogen (secondary N) is 1. The van der Waals surface area contributed by atoms with Crippen molar-refractivity contribution in [1.29, 1.82) is 0 Å². The van der Waals surface area contributed by atoms with Gasteiger partial charge in [-0.3, -0.25) is 0 Å². The maximum Gasteiger partial charge on any atom is 0.335 e. The number of hydrogen-bond donors (Lipinski definition) is 2. The Morgan fingerprint density at radius 2 is 1.80 bits per heavy atom. The lowest BCUT2D eigenvalue weighted by Gasteiger charge is -2.27. The highest BCUT2D eigenvalue weighted by atomic mass is 16.4. The molecule has 3 rings (SSSR count). The Hall–Kier alpha value is -2.88. The van der Waals surface area contributed by atoms with Gasteiger partial charge in [-0.25, -0.2) is 9.78 Å². The molecule has 0 aliphatic carbocycles. The van der Waals surface area contributed by atoms with Gasteiger partial charge >= 0.3 is 5.97 Å². The lowest BCUT2D eigenvalue weighted by molar-refractivity contribution is 0.0694. The number of fused-ring (bicyclic) bond motifs is 1. The molecule has 0 radical (unpaired) electrons. The summed E-state index contributed by atoms with van der Waals surface area (Å²) in [6, 6.07) is 16.1. The summed E-state index contributed by atoms with van der Waals surface area (Å²) >= 11 is 0. The molecule has 3 aromatic rings. The number of nitrogens with zero attached hydrogens (tertiary/aromatic N) is 1. The Labute approximate surface area is 179 Å². The van der Waals surface area contributed by atoms with E-state index in [1.54, 1.807) is 6.07 Å². The van der Waals surface area contributed by atoms with E-state index < -0.39 is 5.97 Å². The minimum absolute atomic E-state index is 0.0429. The molecule has 4 nitrogen and oxygen atoms in total. The molecule has 2 aromatic carbocycles. The maximum atomic E-state index is 11.8. The highest BCUT2D eigenvalue weighted by Gasteiger charge is 2.24. The minimum Gasteiger partial charge on any atom is -0.478 e. The average Bonchev–Trinajstić information content (AvgIpc) is 2.66. The van der Waals surface area contributed by atoms with E-state index in [-0.39, 0.29) is 11.5 Å². The number of para-hydroxylation sites is 1. The molecule has 1 unspecified atom stereocenters. The van der Waals surface area contributed by atoms with Crippen molar-refractivity contribution in [2.45, 2.75) is 59.4 Å². The number of anilines is 1. The van der Waals surface area contributed by atoms with Crippen LogP contribution in [-0.4, -0.2) is 16.1 Å². The first-order valence-corrected chi connectivity index (χ1v) is 10.6. The molecule has 0 spiro atoms. The van der Waals surface area contributed by atoms with Crippen LogP contribution in [0.1, 0.15) is 74.1 Å². The first kappa shape index (κ1) is 21.8. The van der Waals surface area contributed by atoms with Crippen LogP contribution in [0.3, 0.4) is 0 Å². The molecule has 1 heterocycles. The van der Waals surface area contributed by atoms with Gasteiger partial charge in [-0.15, -0.1) is 0 Å². The van der Waals surface area contributed by atoms with Crippen LogP contribution in [0, 0.1) is 12.8 Å². The number of aryl methyl sites for hydroxylation is 1. The SMILES string of the molecule is Cc1cc2ccccc2nc1NC(CC(C)C)c1ccc(C(=O)O)c(C(C)(C)C)c1. The average molecular weight is 405 g/mol. The number of pyridine rings is 1. The second kappa shape index (κ2) is 8.47. The number of carboxylic acid groups (broad SMARTS) is 1. The summed E-state index contributed by atoms with van der Waals surface area (Å²) in [5.74, 6) is 0.464. The fourth-order valence-electron chi connectivity index (χ4n) is 3.87. The third-order valence-electron chi connectivity index (χ3n) is 5.42. The standard InChI is InChI=1S/C26H32N2O2/c1-16(2)13-23(19-11-12-20(25(29)30)21(15-19)26(4,5)6)28-24-17(3)14-18-9-7-8-10-22(18)27-24/h7-12,14-16,23H,13H2,1-6H3,(H,27,28)(H,29,30). The number of carbonyl (C=O) groups is 1. The van der Waals surface area contributed by atoms with Gasteiger partial charge in [-0.1, -0.05) is 65.0 Å². The fraction of sp³-hybridized carbons (Fsp3) is 0.385. The van der Waals surface area contributed by atoms with Crippen LogP contribution < -0.4 is 5.32 Å². The van der Waals surface area contributed by atoms with Gasteiger partial charge in [0.25, 0.3) is 0 Å². The predicted molar refractivity (Wildman–Crippen MR) is 124 cm³/mol. The molecule has 30 heavy (non-hydrogen) atoms. The number of hydrogen-bond acceptors (Lipinski definition) is 3. The molecular weight excluding hydrogens is 372 g/mol. The third kappa shape index (κ3) is 4.81. The Bertz CT molecular complexity index is 1060. The van der Waals surface area contributed by atoms with Gasteiger partial charge in [-0.05, 0) is 59.6 Å². The van der Waals surface area contributed by atoms with Crippen LogP contribution in [0.5, 0.6) is 0 Å². The molecule has 0 bridgehead atoms. The lowest BCUT2D eigenvalue weighted by Crippen LogP contribution is -2.20. The largest absolute Gasteiger partial charge is 0.478 e. The number of aromatic nitrogens is 1. The van der Waals surface area contributed by atoms with Gasteiger partial charge in [0.15, 0.2) is 0 Å². The van der Waals surface area contributed by atoms with E-state index >= 15 is 0 Å². The zero-order valence-corrected chi connectivity index (χ0v) is 18.8. The normalized spacial score (nSPS) is 12.9. The van der Waals surface area contributed by atoms with E-state index in [0.717, 1.165) is 39.8 Å². The van der Waals surface area contributed by atoms with Crippen LogP contribution in [0.2, 0.25) is 0 Å². The van der Waals surface area contributed by atoms with Gasteiger partial charge < -0.3 is 10.4 Å². The zero-order valence-electron chi connectivity index (χ0n) is 18.8. The third-order valence-corrected chi connectivity index (χ3v) is 5.42. The number of aromatic carboxylic acids is 1. The van der Waals surface area contributed by atoms with Crippen LogP contribution in [0.15, 0.2) is 48.5 Å². The first-order valence-electron chi connectivity index (χ1n) is 10.6. The van der Waals surface area contributed by atoms with Crippen molar-refractivity contribution in [3.8, 4) is 0 Å². The fourth-order valence-corrected chi connectivity index (χ4v) is 3.87. The Morgan fingerprint density at radius 3 is 2.43 bits per heavy atom. The van der Waals surface area contributed by atoms with Gasteiger partial charge in [0.2, 0.25) is 0 Å². The molecule has 0 aliphatic heterocycles. The molecule has 158 valence electrons. The first-order chi connectivity index (χ1) is 14.1. The van der Waals surface area contributed by atoms with Crippen molar-refractivity contribution in [2.75, 3.05) is 5.32 Å². The van der Waals surface area contributed by atoms with Gasteiger partial charge in [0.05, 0.1) is 17.1 Å². The summed E-state index contributed by atoms with van der Waals surface area (Å²) in [6.45, 7) is 12.6. The number of benzene rings is 2. The van der Waals surface area contributed by atoms with Crippen molar-refractivity contribution in [2.24, 2.45) is 5.92 Å². The number of rotatable bonds is 6. The molecular formula is C26H32N2O2.